The summed E-state index contributed by atoms with van der Waals surface area (Å²) < 4.78 is 192. The number of hydrogen-bond acceptors (Lipinski definition) is 4. The average Bonchev–Trinajstić information content (AvgIpc) is 3.10. The fraction of sp³-hybridized carbons (Fsp3) is 1.00. The molecule has 0 aromatic heterocycles. The van der Waals surface area contributed by atoms with Gasteiger partial charge in [-0.05, 0) is 13.8 Å². The lowest BCUT2D eigenvalue weighted by Crippen LogP contribution is -2.70. The van der Waals surface area contributed by atoms with E-state index >= 15 is 0 Å². The van der Waals surface area contributed by atoms with E-state index < -0.39 is 76.5 Å². The zero-order valence-electron chi connectivity index (χ0n) is 17.0. The van der Waals surface area contributed by atoms with Gasteiger partial charge in [-0.15, -0.1) is 0 Å². The van der Waals surface area contributed by atoms with Crippen LogP contribution in [0, 0.1) is 0 Å². The molecule has 2 heterocycles. The summed E-state index contributed by atoms with van der Waals surface area (Å²) in [5.74, 6) is -38.3. The molecule has 2 aliphatic rings. The first-order valence-electron chi connectivity index (χ1n) is 9.02. The maximum absolute atomic E-state index is 14.2. The molecular weight excluding hydrogens is 630 g/mol. The highest BCUT2D eigenvalue weighted by atomic mass is 127. The van der Waals surface area contributed by atoms with Crippen LogP contribution < -0.4 is 0 Å². The molecule has 4 nitrogen and oxygen atoms in total. The Kier molecular flexibility index (Phi) is 7.57. The van der Waals surface area contributed by atoms with Gasteiger partial charge < -0.3 is 18.9 Å². The molecule has 2 fully saturated rings. The smallest absolute Gasteiger partial charge is 0.376 e. The molecule has 1 unspecified atom stereocenters. The predicted molar refractivity (Wildman–Crippen MR) is 92.7 cm³/mol. The van der Waals surface area contributed by atoms with Gasteiger partial charge in [-0.2, -0.15) is 57.1 Å². The molecule has 0 N–H and O–H groups in total. The van der Waals surface area contributed by atoms with E-state index in [9.17, 15) is 57.1 Å². The first kappa shape index (κ1) is 29.9. The molecule has 0 aliphatic carbocycles. The molecule has 2 rings (SSSR count). The van der Waals surface area contributed by atoms with Gasteiger partial charge in [0.15, 0.2) is 12.1 Å². The largest absolute Gasteiger partial charge is 0.460 e. The molecular formula is C16H16F13IO4. The number of methoxy groups -OCH3 is 1. The molecule has 0 amide bonds. The lowest BCUT2D eigenvalue weighted by molar-refractivity contribution is -0.440. The summed E-state index contributed by atoms with van der Waals surface area (Å²) in [6.07, 6.45) is -15.2. The Hall–Kier alpha value is -0.340. The molecule has 2 saturated heterocycles. The normalized spacial score (nSPS) is 29.9. The SMILES string of the molecule is CO[C@@H]1[C@H]2OC(C)(C)O[C@H]2O[C@@H]1C(I)CC(F)(F)C(F)(F)C(F)(F)C(F)(F)C(F)(F)C(F)(F)F. The van der Waals surface area contributed by atoms with Gasteiger partial charge in [0.2, 0.25) is 0 Å². The van der Waals surface area contributed by atoms with Crippen LogP contribution >= 0.6 is 22.6 Å². The summed E-state index contributed by atoms with van der Waals surface area (Å²) in [5.41, 5.74) is 0. The number of alkyl halides is 14. The molecule has 0 spiro atoms. The maximum atomic E-state index is 14.2. The minimum absolute atomic E-state index is 1.00. The summed E-state index contributed by atoms with van der Waals surface area (Å²) in [7, 11) is 1.02. The molecule has 0 saturated carbocycles. The van der Waals surface area contributed by atoms with Crippen molar-refractivity contribution in [3.8, 4) is 0 Å². The number of rotatable bonds is 8. The topological polar surface area (TPSA) is 36.9 Å². The fourth-order valence-electron chi connectivity index (χ4n) is 3.35. The standard InChI is InChI=1S/C16H16F13IO4/c1-10(2)33-8-7(31-3)6(32-9(8)34-10)5(30)4-11(17,18)12(19,20)13(21,22)14(23,24)15(25,26)16(27,28)29/h5-9H,4H2,1-3H3/t5?,6-,7+,8-,9-/m1/s1. The van der Waals surface area contributed by atoms with Gasteiger partial charge in [0.05, 0.1) is 0 Å². The second-order valence-corrected chi connectivity index (χ2v) is 9.59. The molecule has 0 aromatic carbocycles. The second-order valence-electron chi connectivity index (χ2n) is 7.99. The first-order valence-corrected chi connectivity index (χ1v) is 10.3. The number of fused-ring (bicyclic) bond motifs is 1. The number of hydrogen-bond donors (Lipinski definition) is 0. The van der Waals surface area contributed by atoms with Crippen molar-refractivity contribution in [2.24, 2.45) is 0 Å². The molecule has 202 valence electrons. The minimum Gasteiger partial charge on any atom is -0.376 e. The van der Waals surface area contributed by atoms with Crippen molar-refractivity contribution in [1.82, 2.24) is 0 Å². The first-order chi connectivity index (χ1) is 14.9. The van der Waals surface area contributed by atoms with Crippen LogP contribution in [0.5, 0.6) is 0 Å². The Labute approximate surface area is 196 Å². The third kappa shape index (κ3) is 4.46. The summed E-state index contributed by atoms with van der Waals surface area (Å²) in [5, 5.41) is 0. The van der Waals surface area contributed by atoms with Crippen LogP contribution in [0.3, 0.4) is 0 Å². The Morgan fingerprint density at radius 1 is 0.794 bits per heavy atom. The van der Waals surface area contributed by atoms with Gasteiger partial charge in [-0.25, -0.2) is 0 Å². The highest BCUT2D eigenvalue weighted by Crippen LogP contribution is 2.61. The van der Waals surface area contributed by atoms with Crippen LogP contribution in [0.15, 0.2) is 0 Å². The van der Waals surface area contributed by atoms with Crippen LogP contribution in [0.25, 0.3) is 0 Å². The van der Waals surface area contributed by atoms with Gasteiger partial charge in [-0.1, -0.05) is 22.6 Å². The van der Waals surface area contributed by atoms with Crippen LogP contribution in [-0.4, -0.2) is 77.2 Å². The monoisotopic (exact) mass is 646 g/mol. The Bertz CT molecular complexity index is 758. The summed E-state index contributed by atoms with van der Waals surface area (Å²) in [6, 6.07) is 0. The van der Waals surface area contributed by atoms with E-state index in [4.69, 9.17) is 18.9 Å². The highest BCUT2D eigenvalue weighted by molar-refractivity contribution is 14.1. The van der Waals surface area contributed by atoms with E-state index in [0.29, 0.717) is 0 Å². The van der Waals surface area contributed by atoms with E-state index in [2.05, 4.69) is 0 Å². The maximum Gasteiger partial charge on any atom is 0.460 e. The minimum atomic E-state index is -7.94. The Balaban J connectivity index is 2.31. The Morgan fingerprint density at radius 3 is 1.71 bits per heavy atom. The zero-order chi connectivity index (χ0) is 26.9. The zero-order valence-corrected chi connectivity index (χ0v) is 19.2. The van der Waals surface area contributed by atoms with Crippen molar-refractivity contribution in [2.45, 2.75) is 90.4 Å². The third-order valence-corrected chi connectivity index (χ3v) is 6.25. The van der Waals surface area contributed by atoms with E-state index in [1.165, 1.54) is 13.8 Å². The van der Waals surface area contributed by atoms with Gasteiger partial charge >= 0.3 is 35.8 Å². The van der Waals surface area contributed by atoms with Crippen LogP contribution in [0.2, 0.25) is 0 Å². The van der Waals surface area contributed by atoms with E-state index in [-0.39, 0.29) is 0 Å². The van der Waals surface area contributed by atoms with Crippen molar-refractivity contribution in [1.29, 1.82) is 0 Å². The lowest BCUT2D eigenvalue weighted by atomic mass is 9.91. The van der Waals surface area contributed by atoms with Crippen molar-refractivity contribution < 1.29 is 76.0 Å². The van der Waals surface area contributed by atoms with E-state index in [1.54, 1.807) is 0 Å². The summed E-state index contributed by atoms with van der Waals surface area (Å²) in [6.45, 7) is 2.84. The molecule has 34 heavy (non-hydrogen) atoms. The molecule has 0 radical (unpaired) electrons. The quantitative estimate of drug-likeness (QED) is 0.190. The summed E-state index contributed by atoms with van der Waals surface area (Å²) in [4.78, 5) is 0. The summed E-state index contributed by atoms with van der Waals surface area (Å²) >= 11 is 1.00. The molecule has 0 aromatic rings. The van der Waals surface area contributed by atoms with Crippen LogP contribution in [0.1, 0.15) is 20.3 Å². The fourth-order valence-corrected chi connectivity index (χ4v) is 4.49. The van der Waals surface area contributed by atoms with Crippen LogP contribution in [0.4, 0.5) is 57.1 Å². The highest BCUT2D eigenvalue weighted by Gasteiger charge is 2.90. The van der Waals surface area contributed by atoms with Crippen molar-refractivity contribution in [2.75, 3.05) is 7.11 Å². The molecule has 5 atom stereocenters. The van der Waals surface area contributed by atoms with E-state index in [1.807, 2.05) is 0 Å². The van der Waals surface area contributed by atoms with Gasteiger partial charge in [0, 0.05) is 17.5 Å². The number of ether oxygens (including phenoxy) is 4. The van der Waals surface area contributed by atoms with Crippen LogP contribution in [-0.2, 0) is 18.9 Å². The van der Waals surface area contributed by atoms with Gasteiger partial charge in [0.25, 0.3) is 0 Å². The van der Waals surface area contributed by atoms with Gasteiger partial charge in [0.1, 0.15) is 18.3 Å². The third-order valence-electron chi connectivity index (χ3n) is 5.11. The van der Waals surface area contributed by atoms with Gasteiger partial charge in [-0.3, -0.25) is 0 Å². The lowest BCUT2D eigenvalue weighted by Gasteiger charge is -2.40. The second kappa shape index (κ2) is 8.61. The average molecular weight is 646 g/mol. The van der Waals surface area contributed by atoms with E-state index in [0.717, 1.165) is 29.7 Å². The van der Waals surface area contributed by atoms with Crippen molar-refractivity contribution in [3.05, 3.63) is 0 Å². The molecule has 18 heteroatoms. The Morgan fingerprint density at radius 2 is 1.26 bits per heavy atom. The molecule has 0 bridgehead atoms. The number of halogens is 14. The predicted octanol–water partition coefficient (Wildman–Crippen LogP) is 5.81. The molecule has 2 aliphatic heterocycles. The van der Waals surface area contributed by atoms with Crippen molar-refractivity contribution >= 4 is 22.6 Å². The van der Waals surface area contributed by atoms with Crippen molar-refractivity contribution in [3.63, 3.8) is 0 Å².